The van der Waals surface area contributed by atoms with Crippen molar-refractivity contribution in [2.45, 2.75) is 50.1 Å². The van der Waals surface area contributed by atoms with Crippen molar-refractivity contribution in [2.24, 2.45) is 0 Å². The summed E-state index contributed by atoms with van der Waals surface area (Å²) in [6.07, 6.45) is 6.38. The number of rotatable bonds is 6. The van der Waals surface area contributed by atoms with Gasteiger partial charge in [-0.15, -0.1) is 0 Å². The monoisotopic (exact) mass is 463 g/mol. The number of benzene rings is 3. The molecule has 1 N–H and O–H groups in total. The molecular weight excluding hydrogens is 439 g/mol. The maximum absolute atomic E-state index is 12.6. The van der Waals surface area contributed by atoms with Crippen molar-refractivity contribution in [3.63, 3.8) is 0 Å². The Labute approximate surface area is 185 Å². The average molecular weight is 464 g/mol. The molecule has 0 atom stereocenters. The van der Waals surface area contributed by atoms with Gasteiger partial charge in [0.15, 0.2) is 0 Å². The first kappa shape index (κ1) is 22.5. The Morgan fingerprint density at radius 1 is 0.938 bits per heavy atom. The van der Waals surface area contributed by atoms with Crippen LogP contribution in [-0.4, -0.2) is 13.9 Å². The highest BCUT2D eigenvalue weighted by Crippen LogP contribution is 2.33. The zero-order valence-electron chi connectivity index (χ0n) is 17.4. The predicted octanol–water partition coefficient (Wildman–Crippen LogP) is 6.73. The summed E-state index contributed by atoms with van der Waals surface area (Å²) >= 11 is 0. The van der Waals surface area contributed by atoms with Crippen molar-refractivity contribution in [2.75, 3.05) is 4.72 Å². The molecule has 0 unspecified atom stereocenters. The van der Waals surface area contributed by atoms with Gasteiger partial charge < -0.3 is 4.74 Å². The second-order valence-electron chi connectivity index (χ2n) is 8.11. The lowest BCUT2D eigenvalue weighted by molar-refractivity contribution is -0.0429. The van der Waals surface area contributed by atoms with Crippen molar-refractivity contribution in [1.29, 1.82) is 0 Å². The molecule has 0 spiro atoms. The first-order valence-corrected chi connectivity index (χ1v) is 12.0. The quantitative estimate of drug-likeness (QED) is 0.441. The van der Waals surface area contributed by atoms with Crippen LogP contribution in [0.1, 0.15) is 49.1 Å². The molecule has 32 heavy (non-hydrogen) atoms. The summed E-state index contributed by atoms with van der Waals surface area (Å²) in [5, 5.41) is 1.25. The van der Waals surface area contributed by atoms with Crippen LogP contribution in [0.15, 0.2) is 60.7 Å². The smallest absolute Gasteiger partial charge is 0.488 e. The Bertz CT molecular complexity index is 1190. The molecule has 0 amide bonds. The van der Waals surface area contributed by atoms with Gasteiger partial charge in [0.2, 0.25) is 0 Å². The van der Waals surface area contributed by atoms with Crippen molar-refractivity contribution in [1.82, 2.24) is 0 Å². The number of anilines is 1. The number of fused-ring (bicyclic) bond motifs is 1. The highest BCUT2D eigenvalue weighted by Gasteiger charge is 2.46. The van der Waals surface area contributed by atoms with Crippen LogP contribution in [0.2, 0.25) is 0 Å². The van der Waals surface area contributed by atoms with E-state index in [4.69, 9.17) is 4.74 Å². The van der Waals surface area contributed by atoms with E-state index in [1.807, 2.05) is 0 Å². The summed E-state index contributed by atoms with van der Waals surface area (Å²) < 4.78 is 68.1. The van der Waals surface area contributed by atoms with Crippen molar-refractivity contribution in [3.8, 4) is 5.75 Å². The summed E-state index contributed by atoms with van der Waals surface area (Å²) in [5.41, 5.74) is -3.15. The van der Waals surface area contributed by atoms with E-state index in [1.165, 1.54) is 49.8 Å². The lowest BCUT2D eigenvalue weighted by Crippen LogP contribution is -2.29. The molecule has 0 bridgehead atoms. The van der Waals surface area contributed by atoms with Gasteiger partial charge in [-0.05, 0) is 59.5 Å². The molecule has 3 aromatic rings. The van der Waals surface area contributed by atoms with Crippen LogP contribution in [0, 0.1) is 0 Å². The Balaban J connectivity index is 1.46. The van der Waals surface area contributed by atoms with Gasteiger partial charge in [-0.25, -0.2) is 0 Å². The van der Waals surface area contributed by atoms with Crippen LogP contribution < -0.4 is 9.46 Å². The Hall–Kier alpha value is -2.74. The molecule has 3 aromatic carbocycles. The summed E-state index contributed by atoms with van der Waals surface area (Å²) in [6.45, 7) is 0.354. The molecule has 0 aliphatic heterocycles. The van der Waals surface area contributed by atoms with Crippen LogP contribution in [-0.2, 0) is 16.6 Å². The van der Waals surface area contributed by atoms with E-state index in [0.717, 1.165) is 5.56 Å². The molecule has 8 heteroatoms. The van der Waals surface area contributed by atoms with Gasteiger partial charge in [0, 0.05) is 11.1 Å². The molecule has 0 radical (unpaired) electrons. The van der Waals surface area contributed by atoms with E-state index in [1.54, 1.807) is 29.0 Å². The summed E-state index contributed by atoms with van der Waals surface area (Å²) in [4.78, 5) is 0. The van der Waals surface area contributed by atoms with Crippen LogP contribution in [0.3, 0.4) is 0 Å². The highest BCUT2D eigenvalue weighted by molar-refractivity contribution is 7.93. The third-order valence-electron chi connectivity index (χ3n) is 5.85. The fourth-order valence-corrected chi connectivity index (χ4v) is 4.69. The minimum Gasteiger partial charge on any atom is -0.488 e. The second kappa shape index (κ2) is 9.02. The summed E-state index contributed by atoms with van der Waals surface area (Å²) in [6, 6.07) is 17.8. The van der Waals surface area contributed by atoms with Crippen molar-refractivity contribution >= 4 is 26.5 Å². The van der Waals surface area contributed by atoms with E-state index in [9.17, 15) is 21.6 Å². The second-order valence-corrected chi connectivity index (χ2v) is 9.78. The van der Waals surface area contributed by atoms with Crippen LogP contribution in [0.4, 0.5) is 18.9 Å². The standard InChI is InChI=1S/C24H24F3NO3S/c25-24(26,27)32(29,30)28-21-13-14-22-20(15-21)7-4-8-23(22)31-16-17-9-11-19(12-10-17)18-5-2-1-3-6-18/h4,7-15,18,28H,1-3,5-6,16H2. The summed E-state index contributed by atoms with van der Waals surface area (Å²) in [7, 11) is -5.47. The largest absolute Gasteiger partial charge is 0.516 e. The molecule has 1 aliphatic carbocycles. The van der Waals surface area contributed by atoms with E-state index >= 15 is 0 Å². The van der Waals surface area contributed by atoms with Crippen molar-refractivity contribution < 1.29 is 26.3 Å². The number of ether oxygens (including phenoxy) is 1. The van der Waals surface area contributed by atoms with Crippen LogP contribution in [0.5, 0.6) is 5.75 Å². The van der Waals surface area contributed by atoms with E-state index in [2.05, 4.69) is 24.3 Å². The molecule has 170 valence electrons. The third-order valence-corrected chi connectivity index (χ3v) is 6.96. The molecular formula is C24H24F3NO3S. The Kier molecular flexibility index (Phi) is 6.33. The fourth-order valence-electron chi connectivity index (χ4n) is 4.14. The zero-order valence-corrected chi connectivity index (χ0v) is 18.2. The molecule has 0 aromatic heterocycles. The van der Waals surface area contributed by atoms with Crippen LogP contribution in [0.25, 0.3) is 10.8 Å². The van der Waals surface area contributed by atoms with Gasteiger partial charge in [-0.1, -0.05) is 55.7 Å². The summed E-state index contributed by atoms with van der Waals surface area (Å²) in [5.74, 6) is 1.21. The normalized spacial score (nSPS) is 15.6. The number of alkyl halides is 3. The number of sulfonamides is 1. The fraction of sp³-hybridized carbons (Fsp3) is 0.333. The molecule has 4 rings (SSSR count). The molecule has 4 nitrogen and oxygen atoms in total. The average Bonchev–Trinajstić information content (AvgIpc) is 2.77. The molecule has 0 heterocycles. The van der Waals surface area contributed by atoms with Crippen LogP contribution >= 0.6 is 0 Å². The minimum absolute atomic E-state index is 0.162. The van der Waals surface area contributed by atoms with Gasteiger partial charge in [0.1, 0.15) is 12.4 Å². The minimum atomic E-state index is -5.47. The predicted molar refractivity (Wildman–Crippen MR) is 119 cm³/mol. The number of nitrogens with one attached hydrogen (secondary N) is 1. The van der Waals surface area contributed by atoms with Crippen molar-refractivity contribution in [3.05, 3.63) is 71.8 Å². The lowest BCUT2D eigenvalue weighted by atomic mass is 9.84. The first-order valence-electron chi connectivity index (χ1n) is 10.6. The van der Waals surface area contributed by atoms with E-state index in [-0.39, 0.29) is 5.69 Å². The Morgan fingerprint density at radius 3 is 2.34 bits per heavy atom. The SMILES string of the molecule is O=S(=O)(Nc1ccc2c(OCc3ccc(C4CCCCC4)cc3)cccc2c1)C(F)(F)F. The Morgan fingerprint density at radius 2 is 1.66 bits per heavy atom. The van der Waals surface area contributed by atoms with Gasteiger partial charge in [0.05, 0.1) is 0 Å². The molecule has 1 fully saturated rings. The maximum atomic E-state index is 12.6. The van der Waals surface area contributed by atoms with E-state index < -0.39 is 15.5 Å². The van der Waals surface area contributed by atoms with Gasteiger partial charge in [-0.3, -0.25) is 4.72 Å². The third kappa shape index (κ3) is 5.01. The topological polar surface area (TPSA) is 55.4 Å². The number of hydrogen-bond donors (Lipinski definition) is 1. The number of halogens is 3. The zero-order chi connectivity index (χ0) is 22.8. The lowest BCUT2D eigenvalue weighted by Gasteiger charge is -2.22. The number of hydrogen-bond acceptors (Lipinski definition) is 3. The molecule has 1 aliphatic rings. The van der Waals surface area contributed by atoms with Gasteiger partial charge in [0.25, 0.3) is 0 Å². The molecule has 0 saturated heterocycles. The highest BCUT2D eigenvalue weighted by atomic mass is 32.2. The molecule has 1 saturated carbocycles. The van der Waals surface area contributed by atoms with E-state index in [0.29, 0.717) is 29.0 Å². The van der Waals surface area contributed by atoms with Gasteiger partial charge in [-0.2, -0.15) is 21.6 Å². The maximum Gasteiger partial charge on any atom is 0.516 e. The van der Waals surface area contributed by atoms with Gasteiger partial charge >= 0.3 is 15.5 Å². The first-order chi connectivity index (χ1) is 15.2.